The van der Waals surface area contributed by atoms with Crippen LogP contribution in [0.4, 0.5) is 0 Å². The minimum absolute atomic E-state index is 0.741. The fourth-order valence-corrected chi connectivity index (χ4v) is 5.59. The quantitative estimate of drug-likeness (QED) is 0.166. The second kappa shape index (κ2) is 11.1. The molecule has 6 aromatic rings. The maximum Gasteiger partial charge on any atom is 0.116 e. The summed E-state index contributed by atoms with van der Waals surface area (Å²) in [6.45, 7) is 7.68. The number of H-pyrrole nitrogens is 2. The molecule has 0 unspecified atom stereocenters. The normalized spacial score (nSPS) is 12.4. The molecule has 0 radical (unpaired) electrons. The molecule has 2 aromatic carbocycles. The predicted molar refractivity (Wildman–Crippen MR) is 165 cm³/mol. The molecular formula is C33H29N5S. The van der Waals surface area contributed by atoms with Crippen molar-refractivity contribution in [3.05, 3.63) is 126 Å². The molecule has 6 heteroatoms. The Morgan fingerprint density at radius 2 is 1.85 bits per heavy atom. The van der Waals surface area contributed by atoms with Gasteiger partial charge in [0.2, 0.25) is 0 Å². The third-order valence-electron chi connectivity index (χ3n) is 6.87. The molecule has 0 bridgehead atoms. The van der Waals surface area contributed by atoms with E-state index in [4.69, 9.17) is 5.10 Å². The standard InChI is InChI=1S/C33H29N5S/c1-3-22(20-34-21-23-9-6-5-7-10-23)17-24(4-2)25-12-13-29-26(18-25)32(38-37-29)30-19-27-28(36-30)14-15-35-33(27)31-11-8-16-39-31/h3-19,34,36H,1,20-21H2,2H3,(H,37,38)/b22-17+,24-4+. The summed E-state index contributed by atoms with van der Waals surface area (Å²) in [5.74, 6) is 0. The van der Waals surface area contributed by atoms with Gasteiger partial charge in [-0.3, -0.25) is 10.1 Å². The van der Waals surface area contributed by atoms with E-state index in [9.17, 15) is 0 Å². The number of hydrogen-bond donors (Lipinski definition) is 3. The van der Waals surface area contributed by atoms with Crippen molar-refractivity contribution < 1.29 is 0 Å². The Balaban J connectivity index is 1.30. The number of allylic oxidation sites excluding steroid dienone is 3. The van der Waals surface area contributed by atoms with Crippen LogP contribution in [0.5, 0.6) is 0 Å². The summed E-state index contributed by atoms with van der Waals surface area (Å²) in [5, 5.41) is 15.7. The number of nitrogens with one attached hydrogen (secondary N) is 3. The molecule has 4 aromatic heterocycles. The summed E-state index contributed by atoms with van der Waals surface area (Å²) >= 11 is 1.70. The molecule has 0 aliphatic heterocycles. The van der Waals surface area contributed by atoms with Crippen LogP contribution in [-0.2, 0) is 6.54 Å². The van der Waals surface area contributed by atoms with E-state index in [2.05, 4.69) is 112 Å². The molecule has 0 saturated heterocycles. The molecule has 0 aliphatic rings. The largest absolute Gasteiger partial charge is 0.353 e. The first-order chi connectivity index (χ1) is 19.2. The van der Waals surface area contributed by atoms with Gasteiger partial charge in [0, 0.05) is 35.6 Å². The minimum Gasteiger partial charge on any atom is -0.353 e. The molecule has 5 nitrogen and oxygen atoms in total. The fraction of sp³-hybridized carbons (Fsp3) is 0.0909. The van der Waals surface area contributed by atoms with E-state index < -0.39 is 0 Å². The van der Waals surface area contributed by atoms with Gasteiger partial charge in [-0.2, -0.15) is 5.10 Å². The number of rotatable bonds is 9. The smallest absolute Gasteiger partial charge is 0.116 e. The Bertz CT molecular complexity index is 1800. The van der Waals surface area contributed by atoms with Gasteiger partial charge in [-0.15, -0.1) is 11.3 Å². The van der Waals surface area contributed by atoms with E-state index >= 15 is 0 Å². The van der Waals surface area contributed by atoms with Crippen molar-refractivity contribution in [2.45, 2.75) is 13.5 Å². The lowest BCUT2D eigenvalue weighted by Crippen LogP contribution is -2.15. The van der Waals surface area contributed by atoms with E-state index in [-0.39, 0.29) is 0 Å². The molecule has 3 N–H and O–H groups in total. The van der Waals surface area contributed by atoms with Crippen LogP contribution in [0.1, 0.15) is 18.1 Å². The number of thiophene rings is 1. The molecule has 192 valence electrons. The van der Waals surface area contributed by atoms with Crippen molar-refractivity contribution in [3.8, 4) is 22.0 Å². The summed E-state index contributed by atoms with van der Waals surface area (Å²) in [6, 6.07) is 25.2. The van der Waals surface area contributed by atoms with Gasteiger partial charge in [0.15, 0.2) is 0 Å². The second-order valence-corrected chi connectivity index (χ2v) is 10.3. The van der Waals surface area contributed by atoms with E-state index in [1.165, 1.54) is 5.56 Å². The first-order valence-electron chi connectivity index (χ1n) is 13.0. The average molecular weight is 528 g/mol. The van der Waals surface area contributed by atoms with Gasteiger partial charge in [-0.1, -0.05) is 67.3 Å². The summed E-state index contributed by atoms with van der Waals surface area (Å²) < 4.78 is 0. The number of hydrogen-bond acceptors (Lipinski definition) is 4. The SMILES string of the molecule is C=C/C(=C\C(=C/C)c1ccc2[nH]nc(-c3cc4c(-c5cccs5)nccc4[nH]3)c2c1)CNCc1ccccc1. The molecule has 6 rings (SSSR count). The third kappa shape index (κ3) is 5.12. The zero-order valence-corrected chi connectivity index (χ0v) is 22.6. The van der Waals surface area contributed by atoms with Crippen LogP contribution in [0.25, 0.3) is 49.3 Å². The maximum atomic E-state index is 4.69. The van der Waals surface area contributed by atoms with E-state index in [0.717, 1.165) is 73.6 Å². The highest BCUT2D eigenvalue weighted by Crippen LogP contribution is 2.35. The van der Waals surface area contributed by atoms with Crippen LogP contribution in [-0.4, -0.2) is 26.7 Å². The number of nitrogens with zero attached hydrogens (tertiary/aromatic N) is 2. The zero-order valence-electron chi connectivity index (χ0n) is 21.7. The number of pyridine rings is 1. The number of aromatic amines is 2. The van der Waals surface area contributed by atoms with Gasteiger partial charge >= 0.3 is 0 Å². The van der Waals surface area contributed by atoms with Crippen LogP contribution in [0.3, 0.4) is 0 Å². The number of benzene rings is 2. The van der Waals surface area contributed by atoms with Crippen LogP contribution in [0, 0.1) is 0 Å². The lowest BCUT2D eigenvalue weighted by Gasteiger charge is -2.09. The first kappa shape index (κ1) is 24.8. The van der Waals surface area contributed by atoms with Crippen LogP contribution >= 0.6 is 11.3 Å². The highest BCUT2D eigenvalue weighted by molar-refractivity contribution is 7.13. The van der Waals surface area contributed by atoms with Gasteiger partial charge in [0.1, 0.15) is 5.69 Å². The number of fused-ring (bicyclic) bond motifs is 2. The topological polar surface area (TPSA) is 69.4 Å². The van der Waals surface area contributed by atoms with Gasteiger partial charge in [0.05, 0.1) is 21.8 Å². The van der Waals surface area contributed by atoms with Gasteiger partial charge in [-0.25, -0.2) is 0 Å². The molecular weight excluding hydrogens is 498 g/mol. The lowest BCUT2D eigenvalue weighted by atomic mass is 10.00. The van der Waals surface area contributed by atoms with Gasteiger partial charge in [0.25, 0.3) is 0 Å². The minimum atomic E-state index is 0.741. The highest BCUT2D eigenvalue weighted by atomic mass is 32.1. The van der Waals surface area contributed by atoms with E-state index in [0.29, 0.717) is 0 Å². The van der Waals surface area contributed by atoms with Crippen molar-refractivity contribution in [2.75, 3.05) is 6.54 Å². The highest BCUT2D eigenvalue weighted by Gasteiger charge is 2.15. The number of aromatic nitrogens is 4. The second-order valence-electron chi connectivity index (χ2n) is 9.37. The van der Waals surface area contributed by atoms with Crippen LogP contribution < -0.4 is 5.32 Å². The van der Waals surface area contributed by atoms with Crippen molar-refractivity contribution in [2.24, 2.45) is 0 Å². The summed E-state index contributed by atoms with van der Waals surface area (Å²) in [6.07, 6.45) is 8.12. The van der Waals surface area contributed by atoms with Crippen LogP contribution in [0.15, 0.2) is 115 Å². The molecule has 4 heterocycles. The molecule has 0 saturated carbocycles. The molecule has 0 aliphatic carbocycles. The van der Waals surface area contributed by atoms with Gasteiger partial charge in [-0.05, 0) is 64.9 Å². The Labute approximate surface area is 231 Å². The molecule has 0 fully saturated rings. The summed E-state index contributed by atoms with van der Waals surface area (Å²) in [5.41, 5.74) is 9.57. The van der Waals surface area contributed by atoms with Crippen molar-refractivity contribution in [1.29, 1.82) is 0 Å². The third-order valence-corrected chi connectivity index (χ3v) is 7.75. The fourth-order valence-electron chi connectivity index (χ4n) is 4.85. The molecule has 0 spiro atoms. The summed E-state index contributed by atoms with van der Waals surface area (Å²) in [4.78, 5) is 9.38. The monoisotopic (exact) mass is 527 g/mol. The molecule has 39 heavy (non-hydrogen) atoms. The Kier molecular flexibility index (Phi) is 7.04. The molecule has 0 amide bonds. The summed E-state index contributed by atoms with van der Waals surface area (Å²) in [7, 11) is 0. The zero-order chi connectivity index (χ0) is 26.6. The Hall–Kier alpha value is -4.52. The maximum absolute atomic E-state index is 4.69. The Morgan fingerprint density at radius 3 is 2.64 bits per heavy atom. The Morgan fingerprint density at radius 1 is 0.974 bits per heavy atom. The van der Waals surface area contributed by atoms with Gasteiger partial charge < -0.3 is 10.3 Å². The van der Waals surface area contributed by atoms with Crippen LogP contribution in [0.2, 0.25) is 0 Å². The molecule has 0 atom stereocenters. The van der Waals surface area contributed by atoms with E-state index in [1.807, 2.05) is 24.4 Å². The predicted octanol–water partition coefficient (Wildman–Crippen LogP) is 8.14. The van der Waals surface area contributed by atoms with Crippen molar-refractivity contribution in [3.63, 3.8) is 0 Å². The first-order valence-corrected chi connectivity index (χ1v) is 13.9. The van der Waals surface area contributed by atoms with E-state index in [1.54, 1.807) is 11.3 Å². The van der Waals surface area contributed by atoms with Crippen molar-refractivity contribution in [1.82, 2.24) is 25.5 Å². The van der Waals surface area contributed by atoms with Crippen molar-refractivity contribution >= 4 is 38.7 Å². The average Bonchev–Trinajstić information content (AvgIpc) is 3.74. The lowest BCUT2D eigenvalue weighted by molar-refractivity contribution is 0.747.